The lowest BCUT2D eigenvalue weighted by Crippen LogP contribution is -2.14. The number of hydrogen-bond acceptors (Lipinski definition) is 1. The lowest BCUT2D eigenvalue weighted by molar-refractivity contribution is -0.138. The Morgan fingerprint density at radius 1 is 1.41 bits per heavy atom. The van der Waals surface area contributed by atoms with E-state index >= 15 is 0 Å². The van der Waals surface area contributed by atoms with E-state index in [1.807, 2.05) is 0 Å². The van der Waals surface area contributed by atoms with Gasteiger partial charge in [0, 0.05) is 0 Å². The van der Waals surface area contributed by atoms with E-state index in [-0.39, 0.29) is 5.56 Å². The van der Waals surface area contributed by atoms with E-state index in [1.165, 1.54) is 13.0 Å². The molecule has 1 N–H and O–H groups in total. The van der Waals surface area contributed by atoms with Gasteiger partial charge in [-0.3, -0.25) is 4.79 Å². The highest BCUT2D eigenvalue weighted by Gasteiger charge is 2.29. The Hall–Kier alpha value is -1.59. The van der Waals surface area contributed by atoms with Gasteiger partial charge in [0.2, 0.25) is 0 Å². The van der Waals surface area contributed by atoms with Gasteiger partial charge in [0.05, 0.1) is 12.3 Å². The number of halogens is 4. The van der Waals surface area contributed by atoms with E-state index < -0.39 is 35.9 Å². The number of benzene rings is 1. The highest BCUT2D eigenvalue weighted by Crippen LogP contribution is 2.25. The summed E-state index contributed by atoms with van der Waals surface area (Å²) in [6.07, 6.45) is -5.93. The molecule has 0 aliphatic rings. The van der Waals surface area contributed by atoms with Crippen molar-refractivity contribution < 1.29 is 27.5 Å². The quantitative estimate of drug-likeness (QED) is 0.837. The molecule has 0 saturated carbocycles. The van der Waals surface area contributed by atoms with Crippen molar-refractivity contribution in [3.8, 4) is 0 Å². The molecule has 0 saturated heterocycles. The number of aliphatic carboxylic acids is 1. The molecule has 0 fully saturated rings. The van der Waals surface area contributed by atoms with E-state index in [1.54, 1.807) is 0 Å². The third kappa shape index (κ3) is 3.72. The lowest BCUT2D eigenvalue weighted by atomic mass is 9.98. The first-order valence-corrected chi connectivity index (χ1v) is 4.78. The van der Waals surface area contributed by atoms with Crippen LogP contribution in [0.25, 0.3) is 0 Å². The molecule has 17 heavy (non-hydrogen) atoms. The fourth-order valence-electron chi connectivity index (χ4n) is 1.36. The minimum atomic E-state index is -4.52. The lowest BCUT2D eigenvalue weighted by Gasteiger charge is -2.11. The summed E-state index contributed by atoms with van der Waals surface area (Å²) < 4.78 is 49.5. The molecule has 0 heterocycles. The molecule has 0 amide bonds. The van der Waals surface area contributed by atoms with Crippen LogP contribution in [0.1, 0.15) is 24.0 Å². The third-order valence-electron chi connectivity index (χ3n) is 2.33. The Kier molecular flexibility index (Phi) is 3.75. The zero-order chi connectivity index (χ0) is 13.2. The SMILES string of the molecule is CC(C(=O)O)c1ccc(F)c(CC(F)(F)F)c1. The molecule has 94 valence electrons. The smallest absolute Gasteiger partial charge is 0.393 e. The van der Waals surface area contributed by atoms with Crippen LogP contribution in [-0.2, 0) is 11.2 Å². The molecule has 1 atom stereocenters. The molecule has 0 aliphatic carbocycles. The number of carboxylic acids is 1. The molecule has 2 nitrogen and oxygen atoms in total. The Bertz CT molecular complexity index is 426. The van der Waals surface area contributed by atoms with E-state index in [9.17, 15) is 22.4 Å². The van der Waals surface area contributed by atoms with Crippen molar-refractivity contribution in [2.45, 2.75) is 25.4 Å². The van der Waals surface area contributed by atoms with Gasteiger partial charge in [0.15, 0.2) is 0 Å². The van der Waals surface area contributed by atoms with Crippen LogP contribution in [0.3, 0.4) is 0 Å². The van der Waals surface area contributed by atoms with E-state index in [2.05, 4.69) is 0 Å². The summed E-state index contributed by atoms with van der Waals surface area (Å²) in [7, 11) is 0. The topological polar surface area (TPSA) is 37.3 Å². The van der Waals surface area contributed by atoms with E-state index in [4.69, 9.17) is 5.11 Å². The number of hydrogen-bond donors (Lipinski definition) is 1. The summed E-state index contributed by atoms with van der Waals surface area (Å²) in [4.78, 5) is 10.7. The van der Waals surface area contributed by atoms with Gasteiger partial charge in [0.1, 0.15) is 5.82 Å². The minimum absolute atomic E-state index is 0.151. The molecule has 1 aromatic rings. The van der Waals surface area contributed by atoms with Gasteiger partial charge in [0.25, 0.3) is 0 Å². The first-order valence-electron chi connectivity index (χ1n) is 4.78. The van der Waals surface area contributed by atoms with E-state index in [0.717, 1.165) is 12.1 Å². The predicted octanol–water partition coefficient (Wildman–Crippen LogP) is 3.12. The molecule has 1 unspecified atom stereocenters. The van der Waals surface area contributed by atoms with Crippen LogP contribution in [-0.4, -0.2) is 17.3 Å². The second-order valence-electron chi connectivity index (χ2n) is 3.70. The fourth-order valence-corrected chi connectivity index (χ4v) is 1.36. The molecule has 1 rings (SSSR count). The number of carboxylic acid groups (broad SMARTS) is 1. The summed E-state index contributed by atoms with van der Waals surface area (Å²) in [5.41, 5.74) is -0.388. The molecule has 6 heteroatoms. The van der Waals surface area contributed by atoms with Crippen molar-refractivity contribution in [3.05, 3.63) is 35.1 Å². The maximum atomic E-state index is 13.1. The molecular formula is C11H10F4O2. The monoisotopic (exact) mass is 250 g/mol. The summed E-state index contributed by atoms with van der Waals surface area (Å²) >= 11 is 0. The Morgan fingerprint density at radius 2 is 2.00 bits per heavy atom. The molecule has 0 bridgehead atoms. The van der Waals surface area contributed by atoms with Crippen LogP contribution >= 0.6 is 0 Å². The van der Waals surface area contributed by atoms with Crippen LogP contribution in [0.15, 0.2) is 18.2 Å². The van der Waals surface area contributed by atoms with Gasteiger partial charge in [-0.05, 0) is 24.1 Å². The van der Waals surface area contributed by atoms with Gasteiger partial charge in [-0.2, -0.15) is 13.2 Å². The highest BCUT2D eigenvalue weighted by molar-refractivity contribution is 5.75. The third-order valence-corrected chi connectivity index (χ3v) is 2.33. The van der Waals surface area contributed by atoms with Crippen molar-refractivity contribution in [1.82, 2.24) is 0 Å². The minimum Gasteiger partial charge on any atom is -0.481 e. The van der Waals surface area contributed by atoms with E-state index in [0.29, 0.717) is 0 Å². The number of alkyl halides is 3. The summed E-state index contributed by atoms with van der Waals surface area (Å²) in [6.45, 7) is 1.33. The molecule has 0 aliphatic heterocycles. The van der Waals surface area contributed by atoms with Crippen LogP contribution in [0, 0.1) is 5.82 Å². The number of carbonyl (C=O) groups is 1. The van der Waals surface area contributed by atoms with Crippen LogP contribution < -0.4 is 0 Å². The second kappa shape index (κ2) is 4.73. The first-order chi connectivity index (χ1) is 7.70. The van der Waals surface area contributed by atoms with Crippen LogP contribution in [0.4, 0.5) is 17.6 Å². The van der Waals surface area contributed by atoms with Crippen molar-refractivity contribution in [1.29, 1.82) is 0 Å². The van der Waals surface area contributed by atoms with Gasteiger partial charge < -0.3 is 5.11 Å². The molecule has 1 aromatic carbocycles. The van der Waals surface area contributed by atoms with Crippen molar-refractivity contribution >= 4 is 5.97 Å². The van der Waals surface area contributed by atoms with Gasteiger partial charge in [-0.15, -0.1) is 0 Å². The van der Waals surface area contributed by atoms with Gasteiger partial charge >= 0.3 is 12.1 Å². The second-order valence-corrected chi connectivity index (χ2v) is 3.70. The highest BCUT2D eigenvalue weighted by atomic mass is 19.4. The Morgan fingerprint density at radius 3 is 2.47 bits per heavy atom. The zero-order valence-corrected chi connectivity index (χ0v) is 8.88. The normalized spacial score (nSPS) is 13.5. The maximum Gasteiger partial charge on any atom is 0.393 e. The average molecular weight is 250 g/mol. The maximum absolute atomic E-state index is 13.1. The van der Waals surface area contributed by atoms with Crippen LogP contribution in [0.5, 0.6) is 0 Å². The standard InChI is InChI=1S/C11H10F4O2/c1-6(10(16)17)7-2-3-9(12)8(4-7)5-11(13,14)15/h2-4,6H,5H2,1H3,(H,16,17). The van der Waals surface area contributed by atoms with Crippen molar-refractivity contribution in [2.75, 3.05) is 0 Å². The van der Waals surface area contributed by atoms with Crippen molar-refractivity contribution in [3.63, 3.8) is 0 Å². The summed E-state index contributed by atoms with van der Waals surface area (Å²) in [5, 5.41) is 8.71. The summed E-state index contributed by atoms with van der Waals surface area (Å²) in [5.74, 6) is -3.12. The Labute approximate surface area is 94.9 Å². The molecular weight excluding hydrogens is 240 g/mol. The zero-order valence-electron chi connectivity index (χ0n) is 8.88. The van der Waals surface area contributed by atoms with Crippen LogP contribution in [0.2, 0.25) is 0 Å². The number of rotatable bonds is 3. The molecule has 0 radical (unpaired) electrons. The largest absolute Gasteiger partial charge is 0.481 e. The molecule has 0 aromatic heterocycles. The van der Waals surface area contributed by atoms with Gasteiger partial charge in [-0.25, -0.2) is 4.39 Å². The van der Waals surface area contributed by atoms with Gasteiger partial charge in [-0.1, -0.05) is 12.1 Å². The molecule has 0 spiro atoms. The first kappa shape index (κ1) is 13.5. The fraction of sp³-hybridized carbons (Fsp3) is 0.364. The Balaban J connectivity index is 3.06. The van der Waals surface area contributed by atoms with Crippen molar-refractivity contribution in [2.24, 2.45) is 0 Å². The average Bonchev–Trinajstić information content (AvgIpc) is 2.18. The summed E-state index contributed by atoms with van der Waals surface area (Å²) in [6, 6.07) is 2.98. The predicted molar refractivity (Wildman–Crippen MR) is 52.2 cm³/mol.